The van der Waals surface area contributed by atoms with Gasteiger partial charge in [0.15, 0.2) is 0 Å². The van der Waals surface area contributed by atoms with Crippen LogP contribution >= 0.6 is 0 Å². The summed E-state index contributed by atoms with van der Waals surface area (Å²) in [6, 6.07) is 1.50. The number of hydrogen-bond donors (Lipinski definition) is 1. The van der Waals surface area contributed by atoms with Gasteiger partial charge in [-0.25, -0.2) is 8.78 Å². The predicted molar refractivity (Wildman–Crippen MR) is 73.5 cm³/mol. The third kappa shape index (κ3) is 2.94. The van der Waals surface area contributed by atoms with Crippen molar-refractivity contribution in [1.82, 2.24) is 4.90 Å². The van der Waals surface area contributed by atoms with Crippen LogP contribution in [-0.4, -0.2) is 47.0 Å². The molecule has 1 aliphatic rings. The molecule has 0 aromatic heterocycles. The van der Waals surface area contributed by atoms with E-state index in [0.29, 0.717) is 4.90 Å². The molecule has 0 aliphatic carbocycles. The summed E-state index contributed by atoms with van der Waals surface area (Å²) in [7, 11) is 0. The zero-order valence-electron chi connectivity index (χ0n) is 12.5. The highest BCUT2D eigenvalue weighted by atomic mass is 19.1. The highest BCUT2D eigenvalue weighted by Crippen LogP contribution is 2.28. The number of hydrogen-bond acceptors (Lipinski definition) is 5. The summed E-state index contributed by atoms with van der Waals surface area (Å²) in [5, 5.41) is 9.67. The van der Waals surface area contributed by atoms with Gasteiger partial charge in [-0.3, -0.25) is 19.3 Å². The number of amides is 2. The van der Waals surface area contributed by atoms with Crippen molar-refractivity contribution in [2.75, 3.05) is 13.2 Å². The number of esters is 1. The average Bonchev–Trinajstić information content (AvgIpc) is 2.73. The van der Waals surface area contributed by atoms with E-state index in [4.69, 9.17) is 4.74 Å². The van der Waals surface area contributed by atoms with Gasteiger partial charge in [0.1, 0.15) is 17.6 Å². The zero-order valence-corrected chi connectivity index (χ0v) is 12.5. The van der Waals surface area contributed by atoms with Gasteiger partial charge < -0.3 is 9.84 Å². The van der Waals surface area contributed by atoms with Crippen molar-refractivity contribution in [3.63, 3.8) is 0 Å². The van der Waals surface area contributed by atoms with E-state index in [9.17, 15) is 28.3 Å². The molecule has 6 nitrogen and oxygen atoms in total. The Hall–Kier alpha value is -2.35. The largest absolute Gasteiger partial charge is 0.466 e. The molecular formula is C15H15F2NO5. The number of carbonyl (C=O) groups is 3. The lowest BCUT2D eigenvalue weighted by atomic mass is 10.0. The molecule has 0 saturated heterocycles. The fraction of sp³-hybridized carbons (Fsp3) is 0.400. The number of fused-ring (bicyclic) bond motifs is 1. The van der Waals surface area contributed by atoms with Crippen molar-refractivity contribution < 1.29 is 33.0 Å². The van der Waals surface area contributed by atoms with E-state index in [1.54, 1.807) is 6.92 Å². The van der Waals surface area contributed by atoms with Crippen LogP contribution in [0.5, 0.6) is 0 Å². The number of benzene rings is 1. The van der Waals surface area contributed by atoms with Gasteiger partial charge >= 0.3 is 5.97 Å². The maximum atomic E-state index is 13.7. The zero-order chi connectivity index (χ0) is 17.3. The topological polar surface area (TPSA) is 83.9 Å². The Labute approximate surface area is 130 Å². The van der Waals surface area contributed by atoms with Gasteiger partial charge in [0.2, 0.25) is 0 Å². The number of ether oxygens (including phenoxy) is 1. The second-order valence-electron chi connectivity index (χ2n) is 5.10. The van der Waals surface area contributed by atoms with Crippen LogP contribution < -0.4 is 0 Å². The first kappa shape index (κ1) is 17.0. The second kappa shape index (κ2) is 6.41. The first-order valence-corrected chi connectivity index (χ1v) is 6.98. The molecule has 0 bridgehead atoms. The maximum Gasteiger partial charge on any atom is 0.313 e. The summed E-state index contributed by atoms with van der Waals surface area (Å²) in [6.07, 6.45) is -1.21. The Morgan fingerprint density at radius 3 is 2.09 bits per heavy atom. The number of nitrogens with zero attached hydrogens (tertiary/aromatic N) is 1. The van der Waals surface area contributed by atoms with Crippen LogP contribution in [0.3, 0.4) is 0 Å². The first-order chi connectivity index (χ1) is 10.8. The summed E-state index contributed by atoms with van der Waals surface area (Å²) < 4.78 is 32.2. The molecule has 23 heavy (non-hydrogen) atoms. The van der Waals surface area contributed by atoms with E-state index in [-0.39, 0.29) is 6.61 Å². The molecule has 1 N–H and O–H groups in total. The Balaban J connectivity index is 2.34. The normalized spacial score (nSPS) is 16.3. The monoisotopic (exact) mass is 327 g/mol. The Bertz CT molecular complexity index is 633. The number of carbonyl (C=O) groups excluding carboxylic acids is 3. The molecule has 8 heteroatoms. The molecule has 2 rings (SSSR count). The van der Waals surface area contributed by atoms with E-state index < -0.39 is 59.1 Å². The van der Waals surface area contributed by atoms with Crippen LogP contribution in [0.15, 0.2) is 12.1 Å². The molecule has 1 aromatic rings. The molecule has 1 heterocycles. The van der Waals surface area contributed by atoms with Gasteiger partial charge in [-0.1, -0.05) is 0 Å². The van der Waals surface area contributed by atoms with Crippen molar-refractivity contribution in [1.29, 1.82) is 0 Å². The molecule has 1 aromatic carbocycles. The quantitative estimate of drug-likeness (QED) is 0.647. The molecule has 0 saturated carbocycles. The molecular weight excluding hydrogens is 312 g/mol. The van der Waals surface area contributed by atoms with Crippen LogP contribution in [0, 0.1) is 17.6 Å². The summed E-state index contributed by atoms with van der Waals surface area (Å²) >= 11 is 0. The van der Waals surface area contributed by atoms with Crippen molar-refractivity contribution >= 4 is 17.8 Å². The van der Waals surface area contributed by atoms with E-state index in [2.05, 4.69) is 0 Å². The van der Waals surface area contributed by atoms with Gasteiger partial charge in [0, 0.05) is 6.54 Å². The minimum Gasteiger partial charge on any atom is -0.466 e. The van der Waals surface area contributed by atoms with Crippen LogP contribution in [0.25, 0.3) is 0 Å². The minimum absolute atomic E-state index is 0.0490. The van der Waals surface area contributed by atoms with Gasteiger partial charge in [-0.2, -0.15) is 0 Å². The Kier molecular flexibility index (Phi) is 4.74. The fourth-order valence-electron chi connectivity index (χ4n) is 2.37. The summed E-state index contributed by atoms with van der Waals surface area (Å²) in [5.41, 5.74) is -1.33. The fourth-order valence-corrected chi connectivity index (χ4v) is 2.37. The highest BCUT2D eigenvalue weighted by molar-refractivity contribution is 6.21. The summed E-state index contributed by atoms with van der Waals surface area (Å²) in [4.78, 5) is 36.7. The lowest BCUT2D eigenvalue weighted by Crippen LogP contribution is -2.42. The summed E-state index contributed by atoms with van der Waals surface area (Å²) in [6.45, 7) is 2.37. The highest BCUT2D eigenvalue weighted by Gasteiger charge is 2.43. The molecule has 0 fully saturated rings. The van der Waals surface area contributed by atoms with Crippen LogP contribution in [0.4, 0.5) is 8.78 Å². The molecule has 1 aliphatic heterocycles. The van der Waals surface area contributed by atoms with Crippen LogP contribution in [0.2, 0.25) is 0 Å². The number of aliphatic hydroxyl groups excluding tert-OH is 1. The predicted octanol–water partition coefficient (Wildman–Crippen LogP) is 1.12. The third-order valence-corrected chi connectivity index (χ3v) is 3.57. The van der Waals surface area contributed by atoms with E-state index >= 15 is 0 Å². The average molecular weight is 327 g/mol. The van der Waals surface area contributed by atoms with Gasteiger partial charge in [-0.05, 0) is 26.0 Å². The first-order valence-electron chi connectivity index (χ1n) is 6.98. The van der Waals surface area contributed by atoms with Crippen molar-refractivity contribution in [3.05, 3.63) is 34.9 Å². The minimum atomic E-state index is -1.21. The van der Waals surface area contributed by atoms with Crippen molar-refractivity contribution in [2.45, 2.75) is 20.0 Å². The number of halogens is 2. The number of imide groups is 1. The SMILES string of the molecule is CCOC(=O)[C@H](CN1C(=O)c2c(F)ccc(F)c2C1=O)[C@@H](C)O. The standard InChI is InChI=1S/C15H15F2NO5/c1-3-23-15(22)8(7(2)19)6-18-13(20)11-9(16)4-5-10(17)12(11)14(18)21/h4-5,7-8,19H,3,6H2,1-2H3/t7-,8-/m1/s1. The number of aliphatic hydroxyl groups is 1. The summed E-state index contributed by atoms with van der Waals surface area (Å²) in [5.74, 6) is -6.14. The third-order valence-electron chi connectivity index (χ3n) is 3.57. The Morgan fingerprint density at radius 1 is 1.22 bits per heavy atom. The molecule has 0 radical (unpaired) electrons. The molecule has 0 unspecified atom stereocenters. The molecule has 0 spiro atoms. The van der Waals surface area contributed by atoms with Crippen molar-refractivity contribution in [2.24, 2.45) is 5.92 Å². The van der Waals surface area contributed by atoms with Crippen LogP contribution in [-0.2, 0) is 9.53 Å². The Morgan fingerprint density at radius 2 is 1.70 bits per heavy atom. The van der Waals surface area contributed by atoms with E-state index in [0.717, 1.165) is 12.1 Å². The molecule has 124 valence electrons. The second-order valence-corrected chi connectivity index (χ2v) is 5.10. The lowest BCUT2D eigenvalue weighted by Gasteiger charge is -2.23. The van der Waals surface area contributed by atoms with E-state index in [1.165, 1.54) is 6.92 Å². The van der Waals surface area contributed by atoms with Gasteiger partial charge in [-0.15, -0.1) is 0 Å². The molecule has 2 atom stereocenters. The maximum absolute atomic E-state index is 13.7. The van der Waals surface area contributed by atoms with Crippen LogP contribution in [0.1, 0.15) is 34.6 Å². The molecule has 2 amide bonds. The lowest BCUT2D eigenvalue weighted by molar-refractivity contribution is -0.151. The smallest absolute Gasteiger partial charge is 0.313 e. The van der Waals surface area contributed by atoms with E-state index in [1.807, 2.05) is 0 Å². The van der Waals surface area contributed by atoms with Gasteiger partial charge in [0.05, 0.1) is 23.8 Å². The number of rotatable bonds is 5. The van der Waals surface area contributed by atoms with Crippen molar-refractivity contribution in [3.8, 4) is 0 Å². The van der Waals surface area contributed by atoms with Gasteiger partial charge in [0.25, 0.3) is 11.8 Å².